The zero-order valence-corrected chi connectivity index (χ0v) is 8.00. The molecule has 0 heterocycles. The maximum absolute atomic E-state index is 13.3. The third kappa shape index (κ3) is 1.94. The summed E-state index contributed by atoms with van der Waals surface area (Å²) in [4.78, 5) is 0. The van der Waals surface area contributed by atoms with Crippen LogP contribution < -0.4 is 9.47 Å². The van der Waals surface area contributed by atoms with Crippen LogP contribution in [0.25, 0.3) is 0 Å². The number of nitrogens with zero attached hydrogens (tertiary/aromatic N) is 1. The molecule has 4 heteroatoms. The number of rotatable bonds is 3. The molecule has 0 aromatic heterocycles. The number of hydrogen-bond acceptors (Lipinski definition) is 3. The molecule has 0 saturated heterocycles. The molecular weight excluding hydrogens is 185 g/mol. The van der Waals surface area contributed by atoms with Gasteiger partial charge in [-0.15, -0.1) is 0 Å². The van der Waals surface area contributed by atoms with E-state index in [4.69, 9.17) is 14.7 Å². The second kappa shape index (κ2) is 4.47. The van der Waals surface area contributed by atoms with Crippen molar-refractivity contribution in [3.05, 3.63) is 23.5 Å². The van der Waals surface area contributed by atoms with Gasteiger partial charge in [-0.1, -0.05) is 0 Å². The molecule has 0 aliphatic heterocycles. The van der Waals surface area contributed by atoms with E-state index in [1.54, 1.807) is 6.07 Å². The van der Waals surface area contributed by atoms with Crippen LogP contribution in [0.3, 0.4) is 0 Å². The maximum Gasteiger partial charge on any atom is 0.196 e. The van der Waals surface area contributed by atoms with Crippen LogP contribution >= 0.6 is 0 Å². The minimum Gasteiger partial charge on any atom is -0.493 e. The molecule has 1 aromatic rings. The molecule has 0 fully saturated rings. The summed E-state index contributed by atoms with van der Waals surface area (Å²) in [6.07, 6.45) is 0.150. The number of nitriles is 1. The average Bonchev–Trinajstić information content (AvgIpc) is 2.17. The van der Waals surface area contributed by atoms with Crippen molar-refractivity contribution in [3.8, 4) is 17.6 Å². The maximum atomic E-state index is 13.3. The van der Waals surface area contributed by atoms with Crippen LogP contribution in [0.2, 0.25) is 0 Å². The minimum absolute atomic E-state index is 0.0641. The Kier molecular flexibility index (Phi) is 3.29. The number of halogens is 1. The average molecular weight is 195 g/mol. The van der Waals surface area contributed by atoms with Crippen LogP contribution in [0.15, 0.2) is 12.1 Å². The zero-order chi connectivity index (χ0) is 10.6. The second-order valence-corrected chi connectivity index (χ2v) is 2.65. The van der Waals surface area contributed by atoms with Crippen molar-refractivity contribution in [3.63, 3.8) is 0 Å². The summed E-state index contributed by atoms with van der Waals surface area (Å²) in [5.74, 6) is -0.149. The fourth-order valence-corrected chi connectivity index (χ4v) is 1.16. The van der Waals surface area contributed by atoms with Gasteiger partial charge < -0.3 is 9.47 Å². The Morgan fingerprint density at radius 1 is 1.36 bits per heavy atom. The van der Waals surface area contributed by atoms with E-state index in [-0.39, 0.29) is 12.2 Å². The van der Waals surface area contributed by atoms with E-state index in [2.05, 4.69) is 0 Å². The third-order valence-corrected chi connectivity index (χ3v) is 1.78. The normalized spacial score (nSPS) is 9.29. The van der Waals surface area contributed by atoms with Crippen molar-refractivity contribution >= 4 is 0 Å². The molecule has 0 aliphatic rings. The van der Waals surface area contributed by atoms with Gasteiger partial charge in [0.05, 0.1) is 26.7 Å². The monoisotopic (exact) mass is 195 g/mol. The molecule has 0 saturated carbocycles. The zero-order valence-electron chi connectivity index (χ0n) is 8.00. The summed E-state index contributed by atoms with van der Waals surface area (Å²) < 4.78 is 23.1. The highest BCUT2D eigenvalue weighted by Gasteiger charge is 2.11. The van der Waals surface area contributed by atoms with Crippen LogP contribution in [0.4, 0.5) is 4.39 Å². The number of methoxy groups -OCH3 is 2. The van der Waals surface area contributed by atoms with Crippen molar-refractivity contribution in [1.82, 2.24) is 0 Å². The van der Waals surface area contributed by atoms with Gasteiger partial charge in [0.15, 0.2) is 17.3 Å². The molecule has 1 rings (SSSR count). The second-order valence-electron chi connectivity index (χ2n) is 2.65. The van der Waals surface area contributed by atoms with Crippen molar-refractivity contribution < 1.29 is 13.9 Å². The largest absolute Gasteiger partial charge is 0.493 e. The van der Waals surface area contributed by atoms with E-state index < -0.39 is 5.82 Å². The topological polar surface area (TPSA) is 42.2 Å². The Morgan fingerprint density at radius 2 is 2.07 bits per heavy atom. The van der Waals surface area contributed by atoms with Crippen LogP contribution in [-0.4, -0.2) is 14.2 Å². The first kappa shape index (κ1) is 10.3. The van der Waals surface area contributed by atoms with Gasteiger partial charge in [0.25, 0.3) is 0 Å². The molecule has 0 N–H and O–H groups in total. The molecule has 0 atom stereocenters. The summed E-state index contributed by atoms with van der Waals surface area (Å²) in [7, 11) is 2.79. The molecule has 3 nitrogen and oxygen atoms in total. The lowest BCUT2D eigenvalue weighted by atomic mass is 10.1. The van der Waals surface area contributed by atoms with Gasteiger partial charge in [-0.2, -0.15) is 5.26 Å². The molecule has 0 aliphatic carbocycles. The molecule has 14 heavy (non-hydrogen) atoms. The summed E-state index contributed by atoms with van der Waals surface area (Å²) in [6.45, 7) is 0. The molecule has 0 amide bonds. The van der Waals surface area contributed by atoms with E-state index in [9.17, 15) is 4.39 Å². The van der Waals surface area contributed by atoms with E-state index in [0.29, 0.717) is 11.3 Å². The smallest absolute Gasteiger partial charge is 0.196 e. The van der Waals surface area contributed by atoms with Crippen molar-refractivity contribution in [2.45, 2.75) is 6.42 Å². The number of hydrogen-bond donors (Lipinski definition) is 0. The summed E-state index contributed by atoms with van der Waals surface area (Å²) >= 11 is 0. The van der Waals surface area contributed by atoms with E-state index >= 15 is 0 Å². The Hall–Kier alpha value is -1.76. The van der Waals surface area contributed by atoms with Gasteiger partial charge in [-0.3, -0.25) is 0 Å². The SMILES string of the molecule is COc1cc(CC#N)cc(F)c1OC. The lowest BCUT2D eigenvalue weighted by Gasteiger charge is -2.09. The highest BCUT2D eigenvalue weighted by molar-refractivity contribution is 5.44. The lowest BCUT2D eigenvalue weighted by Crippen LogP contribution is -1.96. The standard InChI is InChI=1S/C10H10FNO2/c1-13-9-6-7(3-4-12)5-8(11)10(9)14-2/h5-6H,3H2,1-2H3. The third-order valence-electron chi connectivity index (χ3n) is 1.78. The van der Waals surface area contributed by atoms with Gasteiger partial charge in [0, 0.05) is 0 Å². The van der Waals surface area contributed by atoms with Crippen molar-refractivity contribution in [2.24, 2.45) is 0 Å². The highest BCUT2D eigenvalue weighted by Crippen LogP contribution is 2.31. The molecule has 74 valence electrons. The Labute approximate surface area is 81.7 Å². The molecule has 0 unspecified atom stereocenters. The fraction of sp³-hybridized carbons (Fsp3) is 0.300. The van der Waals surface area contributed by atoms with Crippen LogP contribution in [0.5, 0.6) is 11.5 Å². The Bertz CT molecular complexity index is 371. The van der Waals surface area contributed by atoms with Crippen LogP contribution in [0.1, 0.15) is 5.56 Å². The Morgan fingerprint density at radius 3 is 2.57 bits per heavy atom. The van der Waals surface area contributed by atoms with Crippen molar-refractivity contribution in [1.29, 1.82) is 5.26 Å². The summed E-state index contributed by atoms with van der Waals surface area (Å²) in [5, 5.41) is 8.46. The fourth-order valence-electron chi connectivity index (χ4n) is 1.16. The Balaban J connectivity index is 3.18. The van der Waals surface area contributed by atoms with Gasteiger partial charge in [0.2, 0.25) is 0 Å². The molecule has 0 bridgehead atoms. The summed E-state index contributed by atoms with van der Waals surface area (Å²) in [6, 6.07) is 4.79. The van der Waals surface area contributed by atoms with E-state index in [1.807, 2.05) is 6.07 Å². The molecule has 0 spiro atoms. The van der Waals surface area contributed by atoms with Gasteiger partial charge in [-0.05, 0) is 17.7 Å². The predicted molar refractivity (Wildman–Crippen MR) is 48.8 cm³/mol. The van der Waals surface area contributed by atoms with Gasteiger partial charge in [-0.25, -0.2) is 4.39 Å². The minimum atomic E-state index is -0.517. The first-order chi connectivity index (χ1) is 6.72. The van der Waals surface area contributed by atoms with Gasteiger partial charge >= 0.3 is 0 Å². The van der Waals surface area contributed by atoms with Crippen LogP contribution in [0, 0.1) is 17.1 Å². The quantitative estimate of drug-likeness (QED) is 0.739. The molecular formula is C10H10FNO2. The van der Waals surface area contributed by atoms with Crippen molar-refractivity contribution in [2.75, 3.05) is 14.2 Å². The van der Waals surface area contributed by atoms with Crippen LogP contribution in [-0.2, 0) is 6.42 Å². The molecule has 0 radical (unpaired) electrons. The number of benzene rings is 1. The predicted octanol–water partition coefficient (Wildman–Crippen LogP) is 1.91. The lowest BCUT2D eigenvalue weighted by molar-refractivity contribution is 0.337. The van der Waals surface area contributed by atoms with E-state index in [0.717, 1.165) is 0 Å². The highest BCUT2D eigenvalue weighted by atomic mass is 19.1. The molecule has 1 aromatic carbocycles. The first-order valence-corrected chi connectivity index (χ1v) is 4.00. The van der Waals surface area contributed by atoms with Gasteiger partial charge in [0.1, 0.15) is 0 Å². The summed E-state index contributed by atoms with van der Waals surface area (Å²) in [5.41, 5.74) is 0.572. The first-order valence-electron chi connectivity index (χ1n) is 4.00. The number of ether oxygens (including phenoxy) is 2. The van der Waals surface area contributed by atoms with E-state index in [1.165, 1.54) is 20.3 Å².